The summed E-state index contributed by atoms with van der Waals surface area (Å²) >= 11 is 6.07. The highest BCUT2D eigenvalue weighted by Gasteiger charge is 2.35. The number of aromatic amines is 1. The largest absolute Gasteiger partial charge is 0.395 e. The van der Waals surface area contributed by atoms with Crippen molar-refractivity contribution in [3.63, 3.8) is 0 Å². The molecule has 3 N–H and O–H groups in total. The first-order valence-corrected chi connectivity index (χ1v) is 10.6. The Balaban J connectivity index is 1.63. The number of aliphatic hydroxyl groups is 2. The predicted octanol–water partition coefficient (Wildman–Crippen LogP) is 2.72. The topological polar surface area (TPSA) is 79.8 Å². The number of piperazine rings is 1. The molecule has 1 fully saturated rings. The first-order chi connectivity index (χ1) is 14.6. The molecule has 0 spiro atoms. The number of benzene rings is 2. The smallest absolute Gasteiger partial charge is 0.195 e. The lowest BCUT2D eigenvalue weighted by Gasteiger charge is -2.40. The average Bonchev–Trinajstić information content (AvgIpc) is 3.20. The summed E-state index contributed by atoms with van der Waals surface area (Å²) in [5.74, 6) is -0.301. The van der Waals surface area contributed by atoms with Gasteiger partial charge in [0.1, 0.15) is 6.10 Å². The van der Waals surface area contributed by atoms with E-state index >= 15 is 0 Å². The molecule has 1 saturated heterocycles. The zero-order chi connectivity index (χ0) is 21.1. The third kappa shape index (κ3) is 4.29. The number of carbonyl (C=O) groups is 1. The van der Waals surface area contributed by atoms with Gasteiger partial charge in [-0.15, -0.1) is 0 Å². The van der Waals surface area contributed by atoms with E-state index in [1.165, 1.54) is 0 Å². The number of ketones is 1. The number of hydrogen-bond acceptors (Lipinski definition) is 5. The summed E-state index contributed by atoms with van der Waals surface area (Å²) in [6, 6.07) is 14.4. The number of aliphatic hydroxyl groups excluding tert-OH is 2. The summed E-state index contributed by atoms with van der Waals surface area (Å²) in [6.45, 7) is 3.72. The normalized spacial score (nSPS) is 17.8. The van der Waals surface area contributed by atoms with Crippen molar-refractivity contribution >= 4 is 28.3 Å². The van der Waals surface area contributed by atoms with E-state index in [2.05, 4.69) is 14.8 Å². The standard InChI is InChI=1S/C23H26ClN3O3/c24-17-7-5-16(6-8-17)21(27-11-9-26(10-12-27)13-14-28)23(30)22(29)19-15-25-20-4-2-1-3-18(19)20/h1-8,15,21,23,25,28,30H,9-14H2/t21-,23+/m1/s1. The zero-order valence-electron chi connectivity index (χ0n) is 16.7. The Bertz CT molecular complexity index is 996. The van der Waals surface area contributed by atoms with Gasteiger partial charge >= 0.3 is 0 Å². The van der Waals surface area contributed by atoms with Crippen molar-refractivity contribution in [1.29, 1.82) is 0 Å². The fraction of sp³-hybridized carbons (Fsp3) is 0.348. The van der Waals surface area contributed by atoms with Crippen LogP contribution in [0.1, 0.15) is 22.0 Å². The summed E-state index contributed by atoms with van der Waals surface area (Å²) in [5.41, 5.74) is 2.22. The molecule has 0 radical (unpaired) electrons. The van der Waals surface area contributed by atoms with Crippen molar-refractivity contribution < 1.29 is 15.0 Å². The summed E-state index contributed by atoms with van der Waals surface area (Å²) < 4.78 is 0. The molecule has 0 aliphatic carbocycles. The highest BCUT2D eigenvalue weighted by molar-refractivity contribution is 6.30. The van der Waals surface area contributed by atoms with Crippen LogP contribution in [-0.4, -0.2) is 76.2 Å². The maximum absolute atomic E-state index is 13.3. The number of nitrogens with one attached hydrogen (secondary N) is 1. The molecule has 30 heavy (non-hydrogen) atoms. The number of aromatic nitrogens is 1. The van der Waals surface area contributed by atoms with Crippen LogP contribution in [0.15, 0.2) is 54.7 Å². The van der Waals surface area contributed by atoms with E-state index in [-0.39, 0.29) is 12.4 Å². The molecule has 2 aromatic carbocycles. The van der Waals surface area contributed by atoms with Crippen molar-refractivity contribution in [3.05, 3.63) is 70.9 Å². The minimum atomic E-state index is -1.21. The molecule has 0 saturated carbocycles. The molecule has 1 aliphatic rings. The van der Waals surface area contributed by atoms with Crippen LogP contribution < -0.4 is 0 Å². The third-order valence-electron chi connectivity index (χ3n) is 5.85. The number of rotatable bonds is 7. The second kappa shape index (κ2) is 9.29. The molecule has 158 valence electrons. The number of para-hydroxylation sites is 1. The van der Waals surface area contributed by atoms with Crippen molar-refractivity contribution in [2.45, 2.75) is 12.1 Å². The molecule has 2 atom stereocenters. The maximum atomic E-state index is 13.3. The van der Waals surface area contributed by atoms with Crippen LogP contribution in [0.5, 0.6) is 0 Å². The first-order valence-electron chi connectivity index (χ1n) is 10.2. The number of H-pyrrole nitrogens is 1. The SMILES string of the molecule is O=C(c1c[nH]c2ccccc12)[C@@H](O)[C@@H](c1ccc(Cl)cc1)N1CCN(CCO)CC1. The predicted molar refractivity (Wildman–Crippen MR) is 118 cm³/mol. The zero-order valence-corrected chi connectivity index (χ0v) is 17.4. The molecule has 7 heteroatoms. The second-order valence-corrected chi connectivity index (χ2v) is 8.09. The van der Waals surface area contributed by atoms with Crippen molar-refractivity contribution in [3.8, 4) is 0 Å². The number of β-amino-alcohol motifs (C(OH)–C–C–N with tert-alkyl or cyclic N) is 1. The van der Waals surface area contributed by atoms with E-state index < -0.39 is 12.1 Å². The molecule has 2 heterocycles. The molecule has 1 aliphatic heterocycles. The highest BCUT2D eigenvalue weighted by atomic mass is 35.5. The summed E-state index contributed by atoms with van der Waals surface area (Å²) in [7, 11) is 0. The lowest BCUT2D eigenvalue weighted by atomic mass is 9.93. The molecule has 0 amide bonds. The van der Waals surface area contributed by atoms with Gasteiger partial charge in [0.25, 0.3) is 0 Å². The van der Waals surface area contributed by atoms with Gasteiger partial charge in [0, 0.05) is 60.4 Å². The number of nitrogens with zero attached hydrogens (tertiary/aromatic N) is 2. The molecular weight excluding hydrogens is 402 g/mol. The van der Waals surface area contributed by atoms with Gasteiger partial charge in [0.2, 0.25) is 0 Å². The Morgan fingerprint density at radius 1 is 1.07 bits per heavy atom. The minimum Gasteiger partial charge on any atom is -0.395 e. The van der Waals surface area contributed by atoms with E-state index in [4.69, 9.17) is 11.6 Å². The maximum Gasteiger partial charge on any atom is 0.195 e. The van der Waals surface area contributed by atoms with E-state index in [1.807, 2.05) is 36.4 Å². The Morgan fingerprint density at radius 3 is 2.47 bits per heavy atom. The summed E-state index contributed by atoms with van der Waals surface area (Å²) in [5, 5.41) is 21.9. The minimum absolute atomic E-state index is 0.127. The van der Waals surface area contributed by atoms with Crippen LogP contribution in [0.4, 0.5) is 0 Å². The Labute approximate surface area is 180 Å². The van der Waals surface area contributed by atoms with Gasteiger partial charge in [-0.1, -0.05) is 41.9 Å². The Hall–Kier alpha value is -2.22. The van der Waals surface area contributed by atoms with Crippen LogP contribution in [-0.2, 0) is 0 Å². The second-order valence-electron chi connectivity index (χ2n) is 7.65. The van der Waals surface area contributed by atoms with Crippen LogP contribution in [0.25, 0.3) is 10.9 Å². The summed E-state index contributed by atoms with van der Waals surface area (Å²) in [6.07, 6.45) is 0.462. The molecule has 4 rings (SSSR count). The molecule has 3 aromatic rings. The van der Waals surface area contributed by atoms with Crippen LogP contribution >= 0.6 is 11.6 Å². The van der Waals surface area contributed by atoms with E-state index in [9.17, 15) is 15.0 Å². The van der Waals surface area contributed by atoms with Crippen molar-refractivity contribution in [1.82, 2.24) is 14.8 Å². The third-order valence-corrected chi connectivity index (χ3v) is 6.10. The van der Waals surface area contributed by atoms with E-state index in [0.717, 1.165) is 29.6 Å². The lowest BCUT2D eigenvalue weighted by molar-refractivity contribution is 0.0168. The van der Waals surface area contributed by atoms with Crippen molar-refractivity contribution in [2.75, 3.05) is 39.3 Å². The van der Waals surface area contributed by atoms with Gasteiger partial charge in [-0.3, -0.25) is 14.6 Å². The molecule has 6 nitrogen and oxygen atoms in total. The lowest BCUT2D eigenvalue weighted by Crippen LogP contribution is -2.51. The van der Waals surface area contributed by atoms with Crippen LogP contribution in [0.3, 0.4) is 0 Å². The number of hydrogen-bond donors (Lipinski definition) is 3. The fourth-order valence-corrected chi connectivity index (χ4v) is 4.36. The number of carbonyl (C=O) groups excluding carboxylic acids is 1. The Morgan fingerprint density at radius 2 is 1.77 bits per heavy atom. The van der Waals surface area contributed by atoms with Crippen LogP contribution in [0.2, 0.25) is 5.02 Å². The van der Waals surface area contributed by atoms with Gasteiger partial charge in [-0.05, 0) is 23.8 Å². The van der Waals surface area contributed by atoms with E-state index in [0.29, 0.717) is 30.2 Å². The number of halogens is 1. The number of Topliss-reactive ketones (excluding diaryl/α,β-unsaturated/α-hetero) is 1. The molecule has 0 bridgehead atoms. The highest BCUT2D eigenvalue weighted by Crippen LogP contribution is 2.30. The van der Waals surface area contributed by atoms with Crippen LogP contribution in [0, 0.1) is 0 Å². The van der Waals surface area contributed by atoms with Gasteiger partial charge in [-0.25, -0.2) is 0 Å². The quantitative estimate of drug-likeness (QED) is 0.505. The van der Waals surface area contributed by atoms with Gasteiger partial charge < -0.3 is 15.2 Å². The fourth-order valence-electron chi connectivity index (χ4n) is 4.24. The molecule has 1 aromatic heterocycles. The first kappa shape index (κ1) is 21.0. The number of fused-ring (bicyclic) bond motifs is 1. The Kier molecular flexibility index (Phi) is 6.51. The van der Waals surface area contributed by atoms with Gasteiger partial charge in [0.15, 0.2) is 5.78 Å². The van der Waals surface area contributed by atoms with Crippen molar-refractivity contribution in [2.24, 2.45) is 0 Å². The van der Waals surface area contributed by atoms with Gasteiger partial charge in [0.05, 0.1) is 12.6 Å². The monoisotopic (exact) mass is 427 g/mol. The molecule has 0 unspecified atom stereocenters. The summed E-state index contributed by atoms with van der Waals surface area (Å²) in [4.78, 5) is 20.8. The van der Waals surface area contributed by atoms with Gasteiger partial charge in [-0.2, -0.15) is 0 Å². The molecular formula is C23H26ClN3O3. The van der Waals surface area contributed by atoms with E-state index in [1.54, 1.807) is 18.3 Å². The average molecular weight is 428 g/mol.